The van der Waals surface area contributed by atoms with E-state index in [2.05, 4.69) is 12.6 Å². The van der Waals surface area contributed by atoms with Crippen LogP contribution in [0.3, 0.4) is 0 Å². The Morgan fingerprint density at radius 3 is 1.83 bits per heavy atom. The molecule has 0 spiro atoms. The zero-order valence-corrected chi connectivity index (χ0v) is 16.7. The van der Waals surface area contributed by atoms with Crippen molar-refractivity contribution in [3.05, 3.63) is 71.8 Å². The third kappa shape index (κ3) is 5.02. The van der Waals surface area contributed by atoms with Gasteiger partial charge >= 0.3 is 0 Å². The van der Waals surface area contributed by atoms with Crippen molar-refractivity contribution in [3.8, 4) is 0 Å². The van der Waals surface area contributed by atoms with E-state index in [1.807, 2.05) is 74.5 Å². The Labute approximate surface area is 162 Å². The molecule has 0 fully saturated rings. The van der Waals surface area contributed by atoms with Crippen molar-refractivity contribution in [2.24, 2.45) is 0 Å². The quantitative estimate of drug-likeness (QED) is 0.375. The standard InChI is InChI=1S/C18H18O2S4/c1-13(2)20-17(22)24-18(23-16(19)21,14-9-5-3-6-10-14)15-11-7-4-8-12-15/h3-13H,1-2H3,(H,19,21). The number of carbonyl (C=O) groups is 1. The number of hydrogen-bond donors (Lipinski definition) is 1. The van der Waals surface area contributed by atoms with E-state index in [-0.39, 0.29) is 10.6 Å². The molecule has 0 saturated heterocycles. The predicted octanol–water partition coefficient (Wildman–Crippen LogP) is 6.11. The normalized spacial score (nSPS) is 11.3. The van der Waals surface area contributed by atoms with Gasteiger partial charge in [0.2, 0.25) is 8.83 Å². The van der Waals surface area contributed by atoms with Gasteiger partial charge in [0.25, 0.3) is 0 Å². The van der Waals surface area contributed by atoms with E-state index in [1.165, 1.54) is 11.8 Å². The van der Waals surface area contributed by atoms with Gasteiger partial charge in [0.15, 0.2) is 0 Å². The second-order valence-corrected chi connectivity index (χ2v) is 9.21. The van der Waals surface area contributed by atoms with Crippen molar-refractivity contribution in [3.63, 3.8) is 0 Å². The number of carbonyl (C=O) groups excluding carboxylic acids is 1. The smallest absolute Gasteiger partial charge is 0.245 e. The summed E-state index contributed by atoms with van der Waals surface area (Å²) in [5.74, 6) is 0. The Balaban J connectivity index is 2.56. The molecule has 0 unspecified atom stereocenters. The molecule has 0 radical (unpaired) electrons. The number of thioether (sulfide) groups is 2. The summed E-state index contributed by atoms with van der Waals surface area (Å²) in [7, 11) is 0. The lowest BCUT2D eigenvalue weighted by molar-refractivity contribution is 0.243. The lowest BCUT2D eigenvalue weighted by Crippen LogP contribution is -2.24. The van der Waals surface area contributed by atoms with Crippen LogP contribution in [-0.2, 0) is 8.82 Å². The van der Waals surface area contributed by atoms with Crippen molar-refractivity contribution in [2.45, 2.75) is 24.0 Å². The maximum atomic E-state index is 11.9. The van der Waals surface area contributed by atoms with Gasteiger partial charge in [0, 0.05) is 0 Å². The molecule has 0 heterocycles. The molecule has 2 rings (SSSR count). The molecule has 24 heavy (non-hydrogen) atoms. The minimum Gasteiger partial charge on any atom is -0.476 e. The third-order valence-electron chi connectivity index (χ3n) is 3.10. The third-order valence-corrected chi connectivity index (χ3v) is 6.17. The minimum atomic E-state index is -0.743. The second kappa shape index (κ2) is 8.94. The molecule has 2 nitrogen and oxygen atoms in total. The summed E-state index contributed by atoms with van der Waals surface area (Å²) in [6.07, 6.45) is -0.0223. The predicted molar refractivity (Wildman–Crippen MR) is 112 cm³/mol. The van der Waals surface area contributed by atoms with Gasteiger partial charge in [-0.15, -0.1) is 0 Å². The fourth-order valence-corrected chi connectivity index (χ4v) is 5.87. The van der Waals surface area contributed by atoms with Crippen molar-refractivity contribution in [2.75, 3.05) is 0 Å². The molecule has 126 valence electrons. The summed E-state index contributed by atoms with van der Waals surface area (Å²) in [6.45, 7) is 3.85. The Hall–Kier alpha value is -0.950. The van der Waals surface area contributed by atoms with Crippen LogP contribution in [0.5, 0.6) is 0 Å². The summed E-state index contributed by atoms with van der Waals surface area (Å²) in [5, 5.41) is 0. The van der Waals surface area contributed by atoms with Gasteiger partial charge < -0.3 is 4.74 Å². The molecule has 2 aromatic carbocycles. The summed E-state index contributed by atoms with van der Waals surface area (Å²) >= 11 is 11.9. The van der Waals surface area contributed by atoms with Crippen molar-refractivity contribution in [1.29, 1.82) is 0 Å². The van der Waals surface area contributed by atoms with Gasteiger partial charge in [-0.2, -0.15) is 0 Å². The first-order chi connectivity index (χ1) is 11.4. The van der Waals surface area contributed by atoms with Gasteiger partial charge in [0.1, 0.15) is 4.08 Å². The maximum absolute atomic E-state index is 11.9. The number of ether oxygens (including phenoxy) is 1. The Morgan fingerprint density at radius 2 is 1.46 bits per heavy atom. The molecule has 0 amide bonds. The van der Waals surface area contributed by atoms with Crippen LogP contribution in [0.2, 0.25) is 0 Å². The van der Waals surface area contributed by atoms with Crippen LogP contribution < -0.4 is 0 Å². The molecule has 6 heteroatoms. The number of thiocarbonyl (C=S) groups is 1. The van der Waals surface area contributed by atoms with Crippen LogP contribution in [0.1, 0.15) is 25.0 Å². The molecule has 0 atom stereocenters. The Kier molecular flexibility index (Phi) is 7.22. The van der Waals surface area contributed by atoms with Crippen molar-refractivity contribution < 1.29 is 9.53 Å². The van der Waals surface area contributed by atoms with Crippen LogP contribution >= 0.6 is 48.4 Å². The highest BCUT2D eigenvalue weighted by molar-refractivity contribution is 8.40. The van der Waals surface area contributed by atoms with E-state index >= 15 is 0 Å². The lowest BCUT2D eigenvalue weighted by atomic mass is 10.0. The van der Waals surface area contributed by atoms with Crippen molar-refractivity contribution >= 4 is 57.2 Å². The van der Waals surface area contributed by atoms with E-state index < -0.39 is 4.08 Å². The SMILES string of the molecule is CC(C)OC(=S)SC(SC(=O)S)(c1ccccc1)c1ccccc1. The first kappa shape index (κ1) is 19.4. The molecule has 0 aliphatic carbocycles. The number of hydrogen-bond acceptors (Lipinski definition) is 5. The molecule has 2 aromatic rings. The molecule has 0 bridgehead atoms. The number of benzene rings is 2. The molecule has 0 aliphatic heterocycles. The molecular formula is C18H18O2S4. The highest BCUT2D eigenvalue weighted by atomic mass is 32.2. The monoisotopic (exact) mass is 394 g/mol. The van der Waals surface area contributed by atoms with Crippen LogP contribution in [0, 0.1) is 0 Å². The van der Waals surface area contributed by atoms with Crippen LogP contribution in [-0.4, -0.2) is 14.9 Å². The zero-order valence-electron chi connectivity index (χ0n) is 13.3. The minimum absolute atomic E-state index is 0.0223. The van der Waals surface area contributed by atoms with Gasteiger partial charge in [-0.3, -0.25) is 4.79 Å². The van der Waals surface area contributed by atoms with Gasteiger partial charge in [-0.25, -0.2) is 0 Å². The molecular weight excluding hydrogens is 376 g/mol. The fourth-order valence-electron chi connectivity index (χ4n) is 2.20. The topological polar surface area (TPSA) is 26.3 Å². The van der Waals surface area contributed by atoms with E-state index in [0.29, 0.717) is 4.38 Å². The highest BCUT2D eigenvalue weighted by Crippen LogP contribution is 2.53. The number of rotatable bonds is 5. The van der Waals surface area contributed by atoms with E-state index in [0.717, 1.165) is 22.9 Å². The van der Waals surface area contributed by atoms with E-state index in [9.17, 15) is 4.79 Å². The summed E-state index contributed by atoms with van der Waals surface area (Å²) in [6, 6.07) is 19.6. The van der Waals surface area contributed by atoms with Gasteiger partial charge in [0.05, 0.1) is 6.10 Å². The fraction of sp³-hybridized carbons (Fsp3) is 0.222. The highest BCUT2D eigenvalue weighted by Gasteiger charge is 2.40. The maximum Gasteiger partial charge on any atom is 0.245 e. The second-order valence-electron chi connectivity index (χ2n) is 5.24. The summed E-state index contributed by atoms with van der Waals surface area (Å²) in [5.41, 5.74) is 1.92. The van der Waals surface area contributed by atoms with Crippen LogP contribution in [0.15, 0.2) is 60.7 Å². The van der Waals surface area contributed by atoms with E-state index in [4.69, 9.17) is 17.0 Å². The molecule has 0 saturated carbocycles. The molecule has 0 aromatic heterocycles. The zero-order chi connectivity index (χ0) is 17.6. The first-order valence-corrected chi connectivity index (χ1v) is 9.85. The van der Waals surface area contributed by atoms with E-state index in [1.54, 1.807) is 0 Å². The van der Waals surface area contributed by atoms with Gasteiger partial charge in [-0.05, 0) is 60.7 Å². The van der Waals surface area contributed by atoms with Gasteiger partial charge in [-0.1, -0.05) is 73.3 Å². The summed E-state index contributed by atoms with van der Waals surface area (Å²) in [4.78, 5) is 11.9. The van der Waals surface area contributed by atoms with Crippen LogP contribution in [0.4, 0.5) is 4.79 Å². The Bertz CT molecular complexity index is 647. The average molecular weight is 395 g/mol. The summed E-state index contributed by atoms with van der Waals surface area (Å²) < 4.78 is 5.06. The number of thiol groups is 1. The first-order valence-electron chi connectivity index (χ1n) is 7.36. The lowest BCUT2D eigenvalue weighted by Gasteiger charge is -2.32. The molecule has 0 aliphatic rings. The molecule has 0 N–H and O–H groups in total. The Morgan fingerprint density at radius 1 is 1.00 bits per heavy atom. The van der Waals surface area contributed by atoms with Crippen LogP contribution in [0.25, 0.3) is 0 Å². The largest absolute Gasteiger partial charge is 0.476 e. The average Bonchev–Trinajstić information content (AvgIpc) is 2.54. The van der Waals surface area contributed by atoms with Crippen molar-refractivity contribution in [1.82, 2.24) is 0 Å².